The Bertz CT molecular complexity index is 1710. The van der Waals surface area contributed by atoms with Gasteiger partial charge in [-0.2, -0.15) is 0 Å². The number of allylic oxidation sites excluding steroid dienone is 6. The summed E-state index contributed by atoms with van der Waals surface area (Å²) in [5.74, 6) is -0.270. The van der Waals surface area contributed by atoms with Crippen LogP contribution >= 0.6 is 0 Å². The molecular formula is C67H123NO18. The molecule has 0 aromatic heterocycles. The van der Waals surface area contributed by atoms with Gasteiger partial charge in [0.2, 0.25) is 5.91 Å². The summed E-state index contributed by atoms with van der Waals surface area (Å²) < 4.78 is 34.3. The number of aliphatic hydroxyl groups excluding tert-OH is 11. The van der Waals surface area contributed by atoms with Crippen molar-refractivity contribution in [2.24, 2.45) is 0 Å². The topological polar surface area (TPSA) is 307 Å². The van der Waals surface area contributed by atoms with Gasteiger partial charge in [-0.1, -0.05) is 237 Å². The Balaban J connectivity index is 1.40. The van der Waals surface area contributed by atoms with E-state index in [1.807, 2.05) is 0 Å². The molecule has 3 heterocycles. The molecule has 0 aromatic carbocycles. The molecule has 3 fully saturated rings. The molecule has 3 saturated heterocycles. The highest BCUT2D eigenvalue weighted by atomic mass is 16.8. The van der Waals surface area contributed by atoms with E-state index in [1.165, 1.54) is 154 Å². The lowest BCUT2D eigenvalue weighted by molar-refractivity contribution is -0.379. The van der Waals surface area contributed by atoms with Crippen LogP contribution in [0.15, 0.2) is 36.5 Å². The molecule has 19 heteroatoms. The molecule has 17 unspecified atom stereocenters. The molecule has 0 radical (unpaired) electrons. The summed E-state index contributed by atoms with van der Waals surface area (Å²) in [7, 11) is 0. The van der Waals surface area contributed by atoms with E-state index in [-0.39, 0.29) is 18.9 Å². The summed E-state index contributed by atoms with van der Waals surface area (Å²) in [5.41, 5.74) is 0. The maximum absolute atomic E-state index is 13.3. The molecule has 3 rings (SSSR count). The van der Waals surface area contributed by atoms with Crippen molar-refractivity contribution >= 4 is 5.91 Å². The zero-order chi connectivity index (χ0) is 62.6. The predicted octanol–water partition coefficient (Wildman–Crippen LogP) is 8.44. The molecule has 0 spiro atoms. The van der Waals surface area contributed by atoms with E-state index in [2.05, 4.69) is 55.6 Å². The van der Waals surface area contributed by atoms with Gasteiger partial charge in [0.15, 0.2) is 18.9 Å². The second-order valence-corrected chi connectivity index (χ2v) is 24.6. The monoisotopic (exact) mass is 1230 g/mol. The summed E-state index contributed by atoms with van der Waals surface area (Å²) in [4.78, 5) is 13.3. The molecule has 19 nitrogen and oxygen atoms in total. The fourth-order valence-corrected chi connectivity index (χ4v) is 11.7. The maximum atomic E-state index is 13.3. The average Bonchev–Trinajstić information content (AvgIpc) is 2.26. The molecule has 0 saturated carbocycles. The minimum absolute atomic E-state index is 0.231. The minimum atomic E-state index is -1.98. The largest absolute Gasteiger partial charge is 0.394 e. The Hall–Kier alpha value is -1.99. The molecule has 12 N–H and O–H groups in total. The number of hydrogen-bond donors (Lipinski definition) is 12. The lowest BCUT2D eigenvalue weighted by atomic mass is 9.96. The molecule has 3 aliphatic rings. The first-order valence-corrected chi connectivity index (χ1v) is 34.2. The smallest absolute Gasteiger partial charge is 0.220 e. The van der Waals surface area contributed by atoms with Crippen LogP contribution in [0.3, 0.4) is 0 Å². The Morgan fingerprint density at radius 3 is 1.24 bits per heavy atom. The molecular weight excluding hydrogens is 1110 g/mol. The van der Waals surface area contributed by atoms with E-state index in [1.54, 1.807) is 0 Å². The van der Waals surface area contributed by atoms with Crippen molar-refractivity contribution in [3.63, 3.8) is 0 Å². The van der Waals surface area contributed by atoms with E-state index >= 15 is 0 Å². The van der Waals surface area contributed by atoms with Gasteiger partial charge < -0.3 is 89.9 Å². The van der Waals surface area contributed by atoms with E-state index in [4.69, 9.17) is 28.4 Å². The van der Waals surface area contributed by atoms with E-state index in [0.717, 1.165) is 64.2 Å². The Kier molecular flexibility index (Phi) is 45.2. The van der Waals surface area contributed by atoms with Gasteiger partial charge in [0, 0.05) is 6.42 Å². The normalized spacial score (nSPS) is 29.0. The number of carbonyl (C=O) groups is 1. The fourth-order valence-electron chi connectivity index (χ4n) is 11.7. The van der Waals surface area contributed by atoms with Crippen molar-refractivity contribution < 1.29 is 89.4 Å². The first-order chi connectivity index (χ1) is 41.8. The number of hydrogen-bond acceptors (Lipinski definition) is 18. The highest BCUT2D eigenvalue weighted by Crippen LogP contribution is 2.33. The predicted molar refractivity (Wildman–Crippen MR) is 333 cm³/mol. The van der Waals surface area contributed by atoms with Crippen LogP contribution in [0.2, 0.25) is 0 Å². The average molecular weight is 1230 g/mol. The van der Waals surface area contributed by atoms with E-state index < -0.39 is 124 Å². The fraction of sp³-hybridized carbons (Fsp3) is 0.896. The van der Waals surface area contributed by atoms with Crippen LogP contribution < -0.4 is 5.32 Å². The van der Waals surface area contributed by atoms with Crippen LogP contribution in [0.1, 0.15) is 251 Å². The summed E-state index contributed by atoms with van der Waals surface area (Å²) in [6, 6.07) is -0.903. The van der Waals surface area contributed by atoms with Gasteiger partial charge in [-0.15, -0.1) is 0 Å². The second-order valence-electron chi connectivity index (χ2n) is 24.6. The standard InChI is InChI=1S/C67H123NO18/c1-3-5-7-9-11-13-15-17-18-19-20-21-22-23-24-25-26-27-28-29-30-31-33-34-36-38-40-42-44-51(72)50(68-55(73)45-43-41-39-37-35-32-16-14-12-10-8-6-4-2)49-81-65-61(79)58(76)63(53(47-70)83-65)86-67-62(80)59(77)64(54(48-71)84-67)85-66-60(78)57(75)56(74)52(46-69)82-66/h6,8,12,14,32,35,50-54,56-67,69-72,74-80H,3-5,7,9-11,13,15-31,33-34,36-49H2,1-2H3,(H,68,73)/b8-6-,14-12-,35-32-. The molecule has 0 bridgehead atoms. The lowest BCUT2D eigenvalue weighted by Crippen LogP contribution is -2.66. The Labute approximate surface area is 517 Å². The Morgan fingerprint density at radius 1 is 0.430 bits per heavy atom. The molecule has 3 aliphatic heterocycles. The second kappa shape index (κ2) is 49.7. The highest BCUT2D eigenvalue weighted by Gasteiger charge is 2.53. The van der Waals surface area contributed by atoms with Crippen molar-refractivity contribution in [3.05, 3.63) is 36.5 Å². The van der Waals surface area contributed by atoms with Crippen LogP contribution in [-0.2, 0) is 33.2 Å². The van der Waals surface area contributed by atoms with Crippen LogP contribution in [0.4, 0.5) is 0 Å². The van der Waals surface area contributed by atoms with Crippen LogP contribution in [0.25, 0.3) is 0 Å². The summed E-state index contributed by atoms with van der Waals surface area (Å²) >= 11 is 0. The van der Waals surface area contributed by atoms with Gasteiger partial charge in [-0.05, 0) is 44.9 Å². The minimum Gasteiger partial charge on any atom is -0.394 e. The first kappa shape index (κ1) is 78.3. The first-order valence-electron chi connectivity index (χ1n) is 34.2. The zero-order valence-corrected chi connectivity index (χ0v) is 53.0. The summed E-state index contributed by atoms with van der Waals surface area (Å²) in [6.07, 6.45) is 29.7. The van der Waals surface area contributed by atoms with Gasteiger partial charge >= 0.3 is 0 Å². The molecule has 86 heavy (non-hydrogen) atoms. The molecule has 504 valence electrons. The molecule has 1 amide bonds. The number of nitrogens with one attached hydrogen (secondary N) is 1. The third-order valence-electron chi connectivity index (χ3n) is 17.2. The third-order valence-corrected chi connectivity index (χ3v) is 17.2. The number of rotatable bonds is 52. The van der Waals surface area contributed by atoms with Crippen molar-refractivity contribution in [2.45, 2.75) is 356 Å². The van der Waals surface area contributed by atoms with Gasteiger partial charge in [0.25, 0.3) is 0 Å². The van der Waals surface area contributed by atoms with Crippen molar-refractivity contribution in [1.29, 1.82) is 0 Å². The summed E-state index contributed by atoms with van der Waals surface area (Å²) in [6.45, 7) is 1.67. The van der Waals surface area contributed by atoms with Crippen LogP contribution in [-0.4, -0.2) is 193 Å². The number of ether oxygens (including phenoxy) is 6. The number of aliphatic hydroxyl groups is 11. The van der Waals surface area contributed by atoms with Gasteiger partial charge in [0.05, 0.1) is 38.6 Å². The van der Waals surface area contributed by atoms with Crippen molar-refractivity contribution in [2.75, 3.05) is 26.4 Å². The number of amides is 1. The maximum Gasteiger partial charge on any atom is 0.220 e. The third kappa shape index (κ3) is 31.8. The Morgan fingerprint density at radius 2 is 0.802 bits per heavy atom. The molecule has 0 aromatic rings. The molecule has 17 atom stereocenters. The SMILES string of the molecule is CC/C=C\C/C=C\C/C=C\CCCCCC(=O)NC(COC1OC(CO)C(OC2OC(CO)C(OC3OC(CO)C(O)C(O)C3O)C(O)C2O)C(O)C1O)C(O)CCCCCCCCCCCCCCCCCCCCCCCCCCCCCC. The molecule has 0 aliphatic carbocycles. The van der Waals surface area contributed by atoms with E-state index in [0.29, 0.717) is 12.8 Å². The van der Waals surface area contributed by atoms with E-state index in [9.17, 15) is 61.0 Å². The summed E-state index contributed by atoms with van der Waals surface area (Å²) in [5, 5.41) is 120. The van der Waals surface area contributed by atoms with Gasteiger partial charge in [-0.25, -0.2) is 0 Å². The zero-order valence-electron chi connectivity index (χ0n) is 53.0. The highest BCUT2D eigenvalue weighted by molar-refractivity contribution is 5.76. The van der Waals surface area contributed by atoms with Crippen molar-refractivity contribution in [3.8, 4) is 0 Å². The number of carbonyl (C=O) groups excluding carboxylic acids is 1. The van der Waals surface area contributed by atoms with Crippen LogP contribution in [0.5, 0.6) is 0 Å². The van der Waals surface area contributed by atoms with Gasteiger partial charge in [0.1, 0.15) is 73.2 Å². The number of unbranched alkanes of at least 4 members (excludes halogenated alkanes) is 30. The lowest BCUT2D eigenvalue weighted by Gasteiger charge is -2.48. The van der Waals surface area contributed by atoms with Gasteiger partial charge in [-0.3, -0.25) is 4.79 Å². The van der Waals surface area contributed by atoms with Crippen LogP contribution in [0, 0.1) is 0 Å². The van der Waals surface area contributed by atoms with Crippen molar-refractivity contribution in [1.82, 2.24) is 5.32 Å². The quantitative estimate of drug-likeness (QED) is 0.0201.